The molecule has 0 bridgehead atoms. The molecule has 1 aliphatic rings. The predicted octanol–water partition coefficient (Wildman–Crippen LogP) is 2.35. The standard InChI is InChI=1S/C17H19NO5/c1-22-11-5-6-12-10(9-23-15(12)8-11)7-16(19)18-14-4-2-3-13(14)17(20)21/h5-6,8-9,13-14H,2-4,7H2,1H3,(H,18,19)(H,20,21)/t13-,14+/m0/s1. The number of carboxylic acid groups (broad SMARTS) is 1. The van der Waals surface area contributed by atoms with Crippen molar-refractivity contribution in [3.8, 4) is 5.75 Å². The molecule has 1 aliphatic carbocycles. The molecule has 6 heteroatoms. The molecule has 1 amide bonds. The van der Waals surface area contributed by atoms with E-state index in [-0.39, 0.29) is 18.4 Å². The van der Waals surface area contributed by atoms with Crippen LogP contribution in [0.1, 0.15) is 24.8 Å². The molecule has 1 aromatic heterocycles. The Hall–Kier alpha value is -2.50. The van der Waals surface area contributed by atoms with Crippen LogP contribution in [0.5, 0.6) is 5.75 Å². The zero-order chi connectivity index (χ0) is 16.4. The Balaban J connectivity index is 1.69. The van der Waals surface area contributed by atoms with Gasteiger partial charge in [0, 0.05) is 23.1 Å². The largest absolute Gasteiger partial charge is 0.497 e. The van der Waals surface area contributed by atoms with Gasteiger partial charge in [0.25, 0.3) is 0 Å². The zero-order valence-corrected chi connectivity index (χ0v) is 12.9. The van der Waals surface area contributed by atoms with Crippen molar-refractivity contribution >= 4 is 22.8 Å². The van der Waals surface area contributed by atoms with Gasteiger partial charge < -0.3 is 19.6 Å². The van der Waals surface area contributed by atoms with Crippen molar-refractivity contribution in [3.05, 3.63) is 30.0 Å². The first-order chi connectivity index (χ1) is 11.1. The molecule has 1 fully saturated rings. The number of carbonyl (C=O) groups excluding carboxylic acids is 1. The number of benzene rings is 1. The van der Waals surface area contributed by atoms with Crippen LogP contribution in [0.2, 0.25) is 0 Å². The van der Waals surface area contributed by atoms with E-state index in [0.717, 1.165) is 17.4 Å². The minimum absolute atomic E-state index is 0.169. The van der Waals surface area contributed by atoms with E-state index >= 15 is 0 Å². The first-order valence-corrected chi connectivity index (χ1v) is 7.65. The van der Waals surface area contributed by atoms with Gasteiger partial charge in [0.15, 0.2) is 0 Å². The second-order valence-corrected chi connectivity index (χ2v) is 5.85. The van der Waals surface area contributed by atoms with E-state index in [9.17, 15) is 9.59 Å². The number of nitrogens with one attached hydrogen (secondary N) is 1. The molecule has 0 radical (unpaired) electrons. The predicted molar refractivity (Wildman–Crippen MR) is 83.4 cm³/mol. The van der Waals surface area contributed by atoms with Crippen LogP contribution in [0.3, 0.4) is 0 Å². The van der Waals surface area contributed by atoms with Gasteiger partial charge in [0.1, 0.15) is 11.3 Å². The fraction of sp³-hybridized carbons (Fsp3) is 0.412. The van der Waals surface area contributed by atoms with Crippen LogP contribution >= 0.6 is 0 Å². The molecule has 0 aliphatic heterocycles. The Bertz CT molecular complexity index is 736. The molecule has 3 rings (SSSR count). The molecular formula is C17H19NO5. The highest BCUT2D eigenvalue weighted by Gasteiger charge is 2.33. The molecular weight excluding hydrogens is 298 g/mol. The van der Waals surface area contributed by atoms with Gasteiger partial charge in [-0.25, -0.2) is 0 Å². The zero-order valence-electron chi connectivity index (χ0n) is 12.9. The summed E-state index contributed by atoms with van der Waals surface area (Å²) in [5.41, 5.74) is 1.45. The molecule has 2 aromatic rings. The summed E-state index contributed by atoms with van der Waals surface area (Å²) in [7, 11) is 1.58. The van der Waals surface area contributed by atoms with Crippen LogP contribution in [0.15, 0.2) is 28.9 Å². The van der Waals surface area contributed by atoms with E-state index in [4.69, 9.17) is 14.3 Å². The molecule has 1 saturated carbocycles. The number of aliphatic carboxylic acids is 1. The van der Waals surface area contributed by atoms with Gasteiger partial charge in [-0.15, -0.1) is 0 Å². The van der Waals surface area contributed by atoms with Gasteiger partial charge in [0.05, 0.1) is 25.7 Å². The first-order valence-electron chi connectivity index (χ1n) is 7.65. The average molecular weight is 317 g/mol. The number of carbonyl (C=O) groups is 2. The van der Waals surface area contributed by atoms with E-state index in [2.05, 4.69) is 5.32 Å². The van der Waals surface area contributed by atoms with Gasteiger partial charge in [-0.2, -0.15) is 0 Å². The molecule has 0 saturated heterocycles. The van der Waals surface area contributed by atoms with Crippen LogP contribution in [0.25, 0.3) is 11.0 Å². The Morgan fingerprint density at radius 3 is 2.96 bits per heavy atom. The summed E-state index contributed by atoms with van der Waals surface area (Å²) >= 11 is 0. The van der Waals surface area contributed by atoms with Crippen LogP contribution in [-0.2, 0) is 16.0 Å². The summed E-state index contributed by atoms with van der Waals surface area (Å²) in [5.74, 6) is -0.808. The van der Waals surface area contributed by atoms with Gasteiger partial charge in [-0.1, -0.05) is 6.42 Å². The van der Waals surface area contributed by atoms with Crippen LogP contribution in [-0.4, -0.2) is 30.1 Å². The fourth-order valence-electron chi connectivity index (χ4n) is 3.19. The van der Waals surface area contributed by atoms with Crippen LogP contribution < -0.4 is 10.1 Å². The maximum atomic E-state index is 12.2. The normalized spacial score (nSPS) is 20.6. The first kappa shape index (κ1) is 15.4. The second-order valence-electron chi connectivity index (χ2n) is 5.85. The second kappa shape index (κ2) is 6.32. The van der Waals surface area contributed by atoms with E-state index in [0.29, 0.717) is 24.2 Å². The Morgan fingerprint density at radius 1 is 1.39 bits per heavy atom. The molecule has 122 valence electrons. The minimum Gasteiger partial charge on any atom is -0.497 e. The molecule has 6 nitrogen and oxygen atoms in total. The Labute approximate surface area is 133 Å². The monoisotopic (exact) mass is 317 g/mol. The number of hydrogen-bond acceptors (Lipinski definition) is 4. The number of hydrogen-bond donors (Lipinski definition) is 2. The maximum absolute atomic E-state index is 12.2. The lowest BCUT2D eigenvalue weighted by Crippen LogP contribution is -2.40. The molecule has 1 aromatic carbocycles. The lowest BCUT2D eigenvalue weighted by molar-refractivity contribution is -0.142. The summed E-state index contributed by atoms with van der Waals surface area (Å²) in [6.45, 7) is 0. The van der Waals surface area contributed by atoms with Crippen molar-refractivity contribution < 1.29 is 23.8 Å². The summed E-state index contributed by atoms with van der Waals surface area (Å²) in [6.07, 6.45) is 3.90. The molecule has 23 heavy (non-hydrogen) atoms. The third kappa shape index (κ3) is 3.16. The smallest absolute Gasteiger partial charge is 0.308 e. The quantitative estimate of drug-likeness (QED) is 0.883. The summed E-state index contributed by atoms with van der Waals surface area (Å²) in [5, 5.41) is 12.9. The van der Waals surface area contributed by atoms with Crippen molar-refractivity contribution in [2.75, 3.05) is 7.11 Å². The molecule has 2 N–H and O–H groups in total. The highest BCUT2D eigenvalue weighted by atomic mass is 16.5. The van der Waals surface area contributed by atoms with Crippen molar-refractivity contribution in [2.45, 2.75) is 31.7 Å². The third-order valence-electron chi connectivity index (χ3n) is 4.39. The number of furan rings is 1. The average Bonchev–Trinajstić information content (AvgIpc) is 3.14. The summed E-state index contributed by atoms with van der Waals surface area (Å²) < 4.78 is 10.6. The van der Waals surface area contributed by atoms with Gasteiger partial charge >= 0.3 is 5.97 Å². The number of carboxylic acids is 1. The van der Waals surface area contributed by atoms with Crippen molar-refractivity contribution in [2.24, 2.45) is 5.92 Å². The maximum Gasteiger partial charge on any atom is 0.308 e. The minimum atomic E-state index is -0.839. The number of rotatable bonds is 5. The lowest BCUT2D eigenvalue weighted by atomic mass is 10.0. The summed E-state index contributed by atoms with van der Waals surface area (Å²) in [6, 6.07) is 5.17. The Morgan fingerprint density at radius 2 is 2.22 bits per heavy atom. The molecule has 1 heterocycles. The van der Waals surface area contributed by atoms with Crippen molar-refractivity contribution in [1.82, 2.24) is 5.32 Å². The lowest BCUT2D eigenvalue weighted by Gasteiger charge is -2.17. The number of fused-ring (bicyclic) bond motifs is 1. The van der Waals surface area contributed by atoms with Crippen LogP contribution in [0.4, 0.5) is 0 Å². The van der Waals surface area contributed by atoms with E-state index in [1.807, 2.05) is 12.1 Å². The Kier molecular flexibility index (Phi) is 4.23. The number of amides is 1. The summed E-state index contributed by atoms with van der Waals surface area (Å²) in [4.78, 5) is 23.4. The van der Waals surface area contributed by atoms with Crippen molar-refractivity contribution in [3.63, 3.8) is 0 Å². The highest BCUT2D eigenvalue weighted by molar-refractivity contribution is 5.88. The van der Waals surface area contributed by atoms with Gasteiger partial charge in [-0.05, 0) is 25.0 Å². The number of methoxy groups -OCH3 is 1. The molecule has 2 atom stereocenters. The highest BCUT2D eigenvalue weighted by Crippen LogP contribution is 2.27. The topological polar surface area (TPSA) is 88.8 Å². The molecule has 0 unspecified atom stereocenters. The van der Waals surface area contributed by atoms with E-state index in [1.165, 1.54) is 0 Å². The fourth-order valence-corrected chi connectivity index (χ4v) is 3.19. The van der Waals surface area contributed by atoms with E-state index < -0.39 is 11.9 Å². The van der Waals surface area contributed by atoms with Crippen molar-refractivity contribution in [1.29, 1.82) is 0 Å². The molecule has 0 spiro atoms. The SMILES string of the molecule is COc1ccc2c(CC(=O)N[C@@H]3CCC[C@@H]3C(=O)O)coc2c1. The third-order valence-corrected chi connectivity index (χ3v) is 4.39. The van der Waals surface area contributed by atoms with Crippen LogP contribution in [0, 0.1) is 5.92 Å². The van der Waals surface area contributed by atoms with E-state index in [1.54, 1.807) is 19.4 Å². The van der Waals surface area contributed by atoms with Gasteiger partial charge in [0.2, 0.25) is 5.91 Å². The number of ether oxygens (including phenoxy) is 1. The van der Waals surface area contributed by atoms with Gasteiger partial charge in [-0.3, -0.25) is 9.59 Å².